The van der Waals surface area contributed by atoms with Gasteiger partial charge in [-0.1, -0.05) is 42.5 Å². The minimum absolute atomic E-state index is 0.462. The summed E-state index contributed by atoms with van der Waals surface area (Å²) < 4.78 is 0. The van der Waals surface area contributed by atoms with Gasteiger partial charge in [-0.2, -0.15) is 0 Å². The molecule has 0 aliphatic rings. The van der Waals surface area contributed by atoms with Crippen LogP contribution in [-0.2, 0) is 6.54 Å². The summed E-state index contributed by atoms with van der Waals surface area (Å²) in [7, 11) is 0. The van der Waals surface area contributed by atoms with Crippen LogP contribution in [0.2, 0.25) is 0 Å². The number of benzene rings is 2. The summed E-state index contributed by atoms with van der Waals surface area (Å²) in [5.41, 5.74) is 9.16. The van der Waals surface area contributed by atoms with Crippen molar-refractivity contribution in [1.29, 1.82) is 0 Å². The number of aromatic nitrogens is 1. The zero-order valence-corrected chi connectivity index (χ0v) is 13.4. The molecule has 106 valence electrons. The second-order valence-electron chi connectivity index (χ2n) is 4.59. The summed E-state index contributed by atoms with van der Waals surface area (Å²) >= 11 is 3.45. The SMILES string of the molecule is CSc1ccc(-c2nc(CN)c(-c3ccccc3)s2)cc1. The first-order valence-corrected chi connectivity index (χ1v) is 8.75. The summed E-state index contributed by atoms with van der Waals surface area (Å²) in [6.07, 6.45) is 2.08. The van der Waals surface area contributed by atoms with Crippen LogP contribution in [0.25, 0.3) is 21.0 Å². The molecule has 3 aromatic rings. The number of hydrogen-bond donors (Lipinski definition) is 1. The molecule has 0 amide bonds. The molecular formula is C17H16N2S2. The summed E-state index contributed by atoms with van der Waals surface area (Å²) in [4.78, 5) is 7.15. The fourth-order valence-electron chi connectivity index (χ4n) is 2.16. The number of nitrogens with two attached hydrogens (primary N) is 1. The van der Waals surface area contributed by atoms with Crippen LogP contribution in [-0.4, -0.2) is 11.2 Å². The van der Waals surface area contributed by atoms with E-state index in [1.165, 1.54) is 15.3 Å². The monoisotopic (exact) mass is 312 g/mol. The van der Waals surface area contributed by atoms with Gasteiger partial charge in [0.15, 0.2) is 0 Å². The topological polar surface area (TPSA) is 38.9 Å². The first-order valence-electron chi connectivity index (χ1n) is 6.71. The Morgan fingerprint density at radius 1 is 1.00 bits per heavy atom. The molecule has 2 N–H and O–H groups in total. The van der Waals surface area contributed by atoms with Gasteiger partial charge < -0.3 is 5.73 Å². The lowest BCUT2D eigenvalue weighted by Gasteiger charge is -1.98. The van der Waals surface area contributed by atoms with E-state index in [1.54, 1.807) is 23.1 Å². The molecule has 1 aromatic heterocycles. The van der Waals surface area contributed by atoms with Crippen LogP contribution in [0.3, 0.4) is 0 Å². The molecule has 21 heavy (non-hydrogen) atoms. The minimum atomic E-state index is 0.462. The number of thiazole rings is 1. The van der Waals surface area contributed by atoms with Crippen molar-refractivity contribution in [3.8, 4) is 21.0 Å². The molecule has 0 aliphatic carbocycles. The molecule has 0 bridgehead atoms. The molecule has 0 saturated heterocycles. The largest absolute Gasteiger partial charge is 0.325 e. The average molecular weight is 312 g/mol. The first kappa shape index (κ1) is 14.3. The van der Waals surface area contributed by atoms with E-state index in [-0.39, 0.29) is 0 Å². The van der Waals surface area contributed by atoms with Crippen molar-refractivity contribution in [3.63, 3.8) is 0 Å². The lowest BCUT2D eigenvalue weighted by molar-refractivity contribution is 1.02. The van der Waals surface area contributed by atoms with Crippen molar-refractivity contribution in [1.82, 2.24) is 4.98 Å². The third kappa shape index (κ3) is 3.02. The quantitative estimate of drug-likeness (QED) is 0.712. The van der Waals surface area contributed by atoms with Gasteiger partial charge >= 0.3 is 0 Å². The van der Waals surface area contributed by atoms with Gasteiger partial charge in [-0.15, -0.1) is 23.1 Å². The lowest BCUT2D eigenvalue weighted by atomic mass is 10.1. The Balaban J connectivity index is 2.02. The van der Waals surface area contributed by atoms with Crippen molar-refractivity contribution in [3.05, 3.63) is 60.3 Å². The molecule has 0 saturated carbocycles. The van der Waals surface area contributed by atoms with Crippen molar-refractivity contribution >= 4 is 23.1 Å². The Morgan fingerprint density at radius 3 is 2.33 bits per heavy atom. The van der Waals surface area contributed by atoms with Gasteiger partial charge in [-0.25, -0.2) is 4.98 Å². The minimum Gasteiger partial charge on any atom is -0.325 e. The summed E-state index contributed by atoms with van der Waals surface area (Å²) in [6.45, 7) is 0.462. The lowest BCUT2D eigenvalue weighted by Crippen LogP contribution is -1.98. The summed E-state index contributed by atoms with van der Waals surface area (Å²) in [5, 5.41) is 1.03. The van der Waals surface area contributed by atoms with Gasteiger partial charge in [-0.3, -0.25) is 0 Å². The zero-order valence-electron chi connectivity index (χ0n) is 11.7. The van der Waals surface area contributed by atoms with E-state index in [1.807, 2.05) is 18.2 Å². The fraction of sp³-hybridized carbons (Fsp3) is 0.118. The van der Waals surface area contributed by atoms with E-state index in [2.05, 4.69) is 42.7 Å². The zero-order chi connectivity index (χ0) is 14.7. The Bertz CT molecular complexity index is 718. The van der Waals surface area contributed by atoms with Crippen LogP contribution in [0, 0.1) is 0 Å². The Hall–Kier alpha value is -1.62. The Morgan fingerprint density at radius 2 is 1.71 bits per heavy atom. The molecule has 1 heterocycles. The van der Waals surface area contributed by atoms with Gasteiger partial charge in [-0.05, 0) is 24.0 Å². The van der Waals surface area contributed by atoms with Crippen molar-refractivity contribution < 1.29 is 0 Å². The van der Waals surface area contributed by atoms with Crippen LogP contribution < -0.4 is 5.73 Å². The molecule has 0 aliphatic heterocycles. The third-order valence-electron chi connectivity index (χ3n) is 3.26. The fourth-order valence-corrected chi connectivity index (χ4v) is 3.67. The van der Waals surface area contributed by atoms with Crippen LogP contribution in [0.1, 0.15) is 5.69 Å². The van der Waals surface area contributed by atoms with Crippen molar-refractivity contribution in [2.45, 2.75) is 11.4 Å². The number of thioether (sulfide) groups is 1. The van der Waals surface area contributed by atoms with Gasteiger partial charge in [0.25, 0.3) is 0 Å². The molecule has 0 radical (unpaired) electrons. The molecule has 0 atom stereocenters. The number of rotatable bonds is 4. The van der Waals surface area contributed by atoms with Crippen LogP contribution >= 0.6 is 23.1 Å². The van der Waals surface area contributed by atoms with E-state index in [0.717, 1.165) is 16.3 Å². The molecular weight excluding hydrogens is 296 g/mol. The van der Waals surface area contributed by atoms with E-state index in [9.17, 15) is 0 Å². The van der Waals surface area contributed by atoms with Crippen molar-refractivity contribution in [2.75, 3.05) is 6.26 Å². The smallest absolute Gasteiger partial charge is 0.124 e. The molecule has 2 nitrogen and oxygen atoms in total. The summed E-state index contributed by atoms with van der Waals surface area (Å²) in [6, 6.07) is 18.8. The highest BCUT2D eigenvalue weighted by Gasteiger charge is 2.13. The van der Waals surface area contributed by atoms with Gasteiger partial charge in [0.1, 0.15) is 5.01 Å². The van der Waals surface area contributed by atoms with Gasteiger partial charge in [0, 0.05) is 17.0 Å². The second kappa shape index (κ2) is 6.43. The van der Waals surface area contributed by atoms with E-state index < -0.39 is 0 Å². The third-order valence-corrected chi connectivity index (χ3v) is 5.20. The highest BCUT2D eigenvalue weighted by molar-refractivity contribution is 7.98. The van der Waals surface area contributed by atoms with Gasteiger partial charge in [0.05, 0.1) is 10.6 Å². The average Bonchev–Trinajstić information content (AvgIpc) is 3.00. The molecule has 0 spiro atoms. The number of nitrogens with zero attached hydrogens (tertiary/aromatic N) is 1. The van der Waals surface area contributed by atoms with Crippen LogP contribution in [0.4, 0.5) is 0 Å². The Labute approximate surface area is 133 Å². The van der Waals surface area contributed by atoms with E-state index >= 15 is 0 Å². The van der Waals surface area contributed by atoms with Gasteiger partial charge in [0.2, 0.25) is 0 Å². The van der Waals surface area contributed by atoms with E-state index in [4.69, 9.17) is 10.7 Å². The highest BCUT2D eigenvalue weighted by atomic mass is 32.2. The number of hydrogen-bond acceptors (Lipinski definition) is 4. The molecule has 2 aromatic carbocycles. The van der Waals surface area contributed by atoms with Crippen molar-refractivity contribution in [2.24, 2.45) is 5.73 Å². The Kier molecular flexibility index (Phi) is 4.39. The highest BCUT2D eigenvalue weighted by Crippen LogP contribution is 2.35. The normalized spacial score (nSPS) is 10.8. The summed E-state index contributed by atoms with van der Waals surface area (Å²) in [5.74, 6) is 0. The maximum Gasteiger partial charge on any atom is 0.124 e. The molecule has 0 unspecified atom stereocenters. The van der Waals surface area contributed by atoms with Crippen LogP contribution in [0.15, 0.2) is 59.5 Å². The molecule has 3 rings (SSSR count). The predicted octanol–water partition coefficient (Wildman–Crippen LogP) is 4.66. The predicted molar refractivity (Wildman–Crippen MR) is 92.7 cm³/mol. The molecule has 4 heteroatoms. The standard InChI is InChI=1S/C17H16N2S2/c1-20-14-9-7-13(8-10-14)17-19-15(11-18)16(21-17)12-5-3-2-4-6-12/h2-10H,11,18H2,1H3. The maximum absolute atomic E-state index is 5.87. The first-order chi connectivity index (χ1) is 10.3. The second-order valence-corrected chi connectivity index (χ2v) is 6.47. The van der Waals surface area contributed by atoms with Crippen LogP contribution in [0.5, 0.6) is 0 Å². The van der Waals surface area contributed by atoms with E-state index in [0.29, 0.717) is 6.54 Å². The maximum atomic E-state index is 5.87. The molecule has 0 fully saturated rings.